The molecule has 0 radical (unpaired) electrons. The monoisotopic (exact) mass is 977 g/mol. The van der Waals surface area contributed by atoms with Crippen molar-refractivity contribution in [2.75, 3.05) is 30.8 Å². The molecule has 1 aliphatic heterocycles. The molecule has 0 spiro atoms. The van der Waals surface area contributed by atoms with Gasteiger partial charge in [-0.2, -0.15) is 0 Å². The average molecular weight is 981 g/mol. The molecular weight excluding hydrogens is 941 g/mol. The molecule has 272 valence electrons. The Morgan fingerprint density at radius 2 is 1.80 bits per heavy atom. The van der Waals surface area contributed by atoms with E-state index in [-0.39, 0.29) is 31.0 Å². The number of halogens is 4. The van der Waals surface area contributed by atoms with E-state index in [0.29, 0.717) is 54.4 Å². The van der Waals surface area contributed by atoms with E-state index in [9.17, 15) is 24.8 Å². The van der Waals surface area contributed by atoms with Gasteiger partial charge in [0.1, 0.15) is 5.25 Å². The molecule has 49 heavy (non-hydrogen) atoms. The number of ether oxygens (including phenoxy) is 2. The van der Waals surface area contributed by atoms with E-state index in [1.165, 1.54) is 17.0 Å². The van der Waals surface area contributed by atoms with Gasteiger partial charge in [0, 0.05) is 32.3 Å². The second kappa shape index (κ2) is 20.4. The summed E-state index contributed by atoms with van der Waals surface area (Å²) in [6, 6.07) is 5.32. The van der Waals surface area contributed by atoms with Crippen molar-refractivity contribution in [2.24, 2.45) is 0 Å². The van der Waals surface area contributed by atoms with E-state index in [2.05, 4.69) is 70.6 Å². The SMILES string of the molecule is CCCCC1CCCCO[C@H](CN(C(=O)C(SP(=O)(CCC)OCCC)c2cccc([N+](=O)[O-])c2[N+](=O)[O-])c2c(Br)cc(Br)c(Br)c2Br)O1. The van der Waals surface area contributed by atoms with Gasteiger partial charge in [-0.05, 0) is 114 Å². The highest BCUT2D eigenvalue weighted by molar-refractivity contribution is 9.14. The fourth-order valence-corrected chi connectivity index (χ4v) is 13.1. The highest BCUT2D eigenvalue weighted by atomic mass is 79.9. The van der Waals surface area contributed by atoms with Gasteiger partial charge >= 0.3 is 11.4 Å². The van der Waals surface area contributed by atoms with Crippen molar-refractivity contribution in [3.63, 3.8) is 0 Å². The summed E-state index contributed by atoms with van der Waals surface area (Å²) in [6.45, 7) is 2.47. The normalized spacial score (nSPS) is 18.6. The van der Waals surface area contributed by atoms with Gasteiger partial charge < -0.3 is 18.9 Å². The van der Waals surface area contributed by atoms with Crippen LogP contribution in [-0.2, 0) is 23.4 Å². The van der Waals surface area contributed by atoms with Crippen LogP contribution in [0.15, 0.2) is 42.2 Å². The molecular formula is C31H40Br4N3O9PS. The zero-order chi connectivity index (χ0) is 36.3. The smallest absolute Gasteiger partial charge is 0.350 e. The summed E-state index contributed by atoms with van der Waals surface area (Å²) in [5.74, 6) is -0.722. The van der Waals surface area contributed by atoms with Crippen molar-refractivity contribution in [3.8, 4) is 0 Å². The second-order valence-corrected chi connectivity index (χ2v) is 19.6. The van der Waals surface area contributed by atoms with Crippen LogP contribution in [0.1, 0.15) is 83.0 Å². The first-order chi connectivity index (χ1) is 23.3. The third-order valence-electron chi connectivity index (χ3n) is 7.59. The topological polar surface area (TPSA) is 151 Å². The number of nitrogens with zero attached hydrogens (tertiary/aromatic N) is 3. The number of nitro benzene ring substituents is 2. The van der Waals surface area contributed by atoms with E-state index >= 15 is 4.79 Å². The number of carbonyl (C=O) groups is 1. The lowest BCUT2D eigenvalue weighted by atomic mass is 10.1. The van der Waals surface area contributed by atoms with E-state index in [0.717, 1.165) is 44.6 Å². The van der Waals surface area contributed by atoms with Crippen molar-refractivity contribution in [3.05, 3.63) is 67.9 Å². The summed E-state index contributed by atoms with van der Waals surface area (Å²) < 4.78 is 35.0. The molecule has 18 heteroatoms. The first-order valence-corrected chi connectivity index (χ1v) is 22.5. The standard InChI is InChI=1S/C31H40Br4N3O9PS/c1-4-7-11-20-12-8-9-16-45-25(47-20)19-36(29-23(33)18-22(32)26(34)27(29)35)31(39)30(49-48(44,17-6-3)46-15-5-2)21-13-10-14-24(37(40)41)28(21)38(42)43/h10,13-14,18,20,25,30H,4-9,11-12,15-17,19H2,1-3H3/t20?,25-,30?,48?/m0/s1. The van der Waals surface area contributed by atoms with E-state index in [1.807, 2.05) is 13.8 Å². The Morgan fingerprint density at radius 3 is 2.43 bits per heavy atom. The van der Waals surface area contributed by atoms with Gasteiger partial charge in [-0.25, -0.2) is 0 Å². The van der Waals surface area contributed by atoms with Gasteiger partial charge in [-0.3, -0.25) is 29.6 Å². The summed E-state index contributed by atoms with van der Waals surface area (Å²) in [6.07, 6.45) is 5.40. The quantitative estimate of drug-likeness (QED) is 0.0492. The minimum atomic E-state index is -3.68. The minimum Gasteiger partial charge on any atom is -0.351 e. The predicted molar refractivity (Wildman–Crippen MR) is 207 cm³/mol. The van der Waals surface area contributed by atoms with Crippen LogP contribution in [0.5, 0.6) is 0 Å². The first kappa shape index (κ1) is 42.5. The van der Waals surface area contributed by atoms with Crippen molar-refractivity contribution in [2.45, 2.75) is 89.8 Å². The van der Waals surface area contributed by atoms with Gasteiger partial charge in [0.05, 0.1) is 44.8 Å². The zero-order valence-electron chi connectivity index (χ0n) is 27.4. The van der Waals surface area contributed by atoms with E-state index in [4.69, 9.17) is 14.0 Å². The molecule has 3 rings (SSSR count). The Kier molecular flexibility index (Phi) is 17.7. The molecule has 0 saturated carbocycles. The Bertz CT molecular complexity index is 1540. The van der Waals surface area contributed by atoms with Gasteiger partial charge in [0.15, 0.2) is 6.29 Å². The van der Waals surface area contributed by atoms with E-state index < -0.39 is 45.2 Å². The fraction of sp³-hybridized carbons (Fsp3) is 0.581. The molecule has 1 fully saturated rings. The summed E-state index contributed by atoms with van der Waals surface area (Å²) in [5, 5.41) is 22.9. The van der Waals surface area contributed by atoms with Crippen LogP contribution in [0, 0.1) is 20.2 Å². The largest absolute Gasteiger partial charge is 0.351 e. The molecule has 3 unspecified atom stereocenters. The average Bonchev–Trinajstić information content (AvgIpc) is 3.04. The maximum Gasteiger partial charge on any atom is 0.350 e. The number of amides is 1. The number of rotatable bonds is 17. The van der Waals surface area contributed by atoms with Crippen molar-refractivity contribution in [1.29, 1.82) is 0 Å². The highest BCUT2D eigenvalue weighted by Gasteiger charge is 2.43. The lowest BCUT2D eigenvalue weighted by molar-refractivity contribution is -0.422. The van der Waals surface area contributed by atoms with Crippen molar-refractivity contribution < 1.29 is 33.2 Å². The molecule has 2 aromatic rings. The van der Waals surface area contributed by atoms with Gasteiger partial charge in [0.2, 0.25) is 5.91 Å². The third kappa shape index (κ3) is 11.5. The zero-order valence-corrected chi connectivity index (χ0v) is 35.5. The minimum absolute atomic E-state index is 0.0787. The molecule has 1 saturated heterocycles. The molecule has 0 bridgehead atoms. The molecule has 4 atom stereocenters. The number of anilines is 1. The van der Waals surface area contributed by atoms with Crippen LogP contribution >= 0.6 is 81.7 Å². The Hall–Kier alpha value is -0.910. The molecule has 0 aliphatic carbocycles. The summed E-state index contributed by atoms with van der Waals surface area (Å²) >= 11 is 14.9. The number of hydrogen-bond donors (Lipinski definition) is 0. The van der Waals surface area contributed by atoms with Gasteiger partial charge in [-0.15, -0.1) is 0 Å². The maximum absolute atomic E-state index is 15.2. The Labute approximate surface area is 324 Å². The number of carbonyl (C=O) groups excluding carboxylic acids is 1. The second-order valence-electron chi connectivity index (χ2n) is 11.3. The number of para-hydroxylation sites is 1. The van der Waals surface area contributed by atoms with Crippen molar-refractivity contribution in [1.82, 2.24) is 0 Å². The fourth-order valence-electron chi connectivity index (χ4n) is 5.29. The van der Waals surface area contributed by atoms with Crippen LogP contribution in [0.3, 0.4) is 0 Å². The molecule has 1 amide bonds. The predicted octanol–water partition coefficient (Wildman–Crippen LogP) is 11.5. The third-order valence-corrected chi connectivity index (χ3v) is 16.5. The number of hydrogen-bond acceptors (Lipinski definition) is 10. The Balaban J connectivity index is 2.30. The maximum atomic E-state index is 15.2. The van der Waals surface area contributed by atoms with Crippen LogP contribution in [0.2, 0.25) is 0 Å². The van der Waals surface area contributed by atoms with Crippen LogP contribution in [0.4, 0.5) is 17.1 Å². The highest BCUT2D eigenvalue weighted by Crippen LogP contribution is 2.66. The molecule has 12 nitrogen and oxygen atoms in total. The summed E-state index contributed by atoms with van der Waals surface area (Å²) in [5.41, 5.74) is -1.56. The van der Waals surface area contributed by atoms with Crippen LogP contribution in [0.25, 0.3) is 0 Å². The van der Waals surface area contributed by atoms with E-state index in [1.54, 1.807) is 6.07 Å². The molecule has 0 aromatic heterocycles. The molecule has 1 heterocycles. The van der Waals surface area contributed by atoms with Crippen LogP contribution in [-0.4, -0.2) is 54.1 Å². The molecule has 0 N–H and O–H groups in total. The molecule has 1 aliphatic rings. The lowest BCUT2D eigenvalue weighted by Gasteiger charge is -2.35. The van der Waals surface area contributed by atoms with Crippen LogP contribution < -0.4 is 4.90 Å². The summed E-state index contributed by atoms with van der Waals surface area (Å²) in [7, 11) is 0. The first-order valence-electron chi connectivity index (χ1n) is 16.0. The van der Waals surface area contributed by atoms with Gasteiger partial charge in [-0.1, -0.05) is 51.1 Å². The molecule has 2 aromatic carbocycles. The summed E-state index contributed by atoms with van der Waals surface area (Å²) in [4.78, 5) is 39.3. The van der Waals surface area contributed by atoms with Gasteiger partial charge in [0.25, 0.3) is 6.57 Å². The number of nitro groups is 2. The number of benzene rings is 2. The lowest BCUT2D eigenvalue weighted by Crippen LogP contribution is -2.44. The number of unbranched alkanes of at least 4 members (excludes halogenated alkanes) is 1. The Morgan fingerprint density at radius 1 is 1.06 bits per heavy atom. The van der Waals surface area contributed by atoms with Crippen molar-refractivity contribution >= 4 is 105 Å².